The molecule has 0 fully saturated rings. The maximum atomic E-state index is 10.2. The van der Waals surface area contributed by atoms with Gasteiger partial charge in [0, 0.05) is 19.5 Å². The molecule has 4 heterocycles. The lowest BCUT2D eigenvalue weighted by molar-refractivity contribution is 0.609. The number of nitriles is 4. The van der Waals surface area contributed by atoms with Crippen molar-refractivity contribution in [3.8, 4) is 53.5 Å². The van der Waals surface area contributed by atoms with E-state index in [1.807, 2.05) is 0 Å². The summed E-state index contributed by atoms with van der Waals surface area (Å²) in [5, 5.41) is 40.7. The SMILES string of the molecule is CCCCCCCCc1ccc(-c2sc(-c3sc(-c4ccc(CCCCCCCC)s4)c(C#N)c3C#N)c(C#N)c2C#N)s1. The normalized spacial score (nSPS) is 10.8. The Kier molecular flexibility index (Phi) is 13.2. The number of thiophene rings is 4. The van der Waals surface area contributed by atoms with E-state index >= 15 is 0 Å². The van der Waals surface area contributed by atoms with Crippen molar-refractivity contribution in [3.63, 3.8) is 0 Å². The van der Waals surface area contributed by atoms with E-state index in [1.165, 1.54) is 96.6 Å². The average molecular weight is 655 g/mol. The third-order valence-corrected chi connectivity index (χ3v) is 13.0. The Morgan fingerprint density at radius 1 is 0.432 bits per heavy atom. The lowest BCUT2D eigenvalue weighted by Gasteiger charge is -1.99. The highest BCUT2D eigenvalue weighted by Crippen LogP contribution is 2.50. The highest BCUT2D eigenvalue weighted by atomic mass is 32.1. The first kappa shape index (κ1) is 33.6. The number of aryl methyl sites for hydroxylation is 2. The zero-order valence-electron chi connectivity index (χ0n) is 25.6. The molecule has 0 aliphatic carbocycles. The Balaban J connectivity index is 1.60. The van der Waals surface area contributed by atoms with E-state index < -0.39 is 0 Å². The smallest absolute Gasteiger partial charge is 0.102 e. The molecule has 0 spiro atoms. The summed E-state index contributed by atoms with van der Waals surface area (Å²) < 4.78 is 0. The van der Waals surface area contributed by atoms with Crippen LogP contribution in [-0.2, 0) is 12.8 Å². The topological polar surface area (TPSA) is 95.2 Å². The summed E-state index contributed by atoms with van der Waals surface area (Å²) in [5.74, 6) is 0. The van der Waals surface area contributed by atoms with Crippen molar-refractivity contribution in [1.82, 2.24) is 0 Å². The molecule has 0 bridgehead atoms. The highest BCUT2D eigenvalue weighted by molar-refractivity contribution is 7.29. The molecule has 8 heteroatoms. The minimum Gasteiger partial charge on any atom is -0.192 e. The van der Waals surface area contributed by atoms with E-state index in [0.29, 0.717) is 32.0 Å². The zero-order chi connectivity index (χ0) is 31.3. The number of hydrogen-bond donors (Lipinski definition) is 0. The molecule has 226 valence electrons. The molecule has 0 aliphatic heterocycles. The van der Waals surface area contributed by atoms with Crippen LogP contribution in [0.15, 0.2) is 24.3 Å². The van der Waals surface area contributed by atoms with Gasteiger partial charge >= 0.3 is 0 Å². The average Bonchev–Trinajstić information content (AvgIpc) is 3.84. The maximum Gasteiger partial charge on any atom is 0.102 e. The number of rotatable bonds is 17. The van der Waals surface area contributed by atoms with Gasteiger partial charge in [-0.1, -0.05) is 78.1 Å². The van der Waals surface area contributed by atoms with Gasteiger partial charge in [0.05, 0.1) is 41.8 Å². The summed E-state index contributed by atoms with van der Waals surface area (Å²) >= 11 is 6.15. The van der Waals surface area contributed by atoms with Crippen LogP contribution in [0.3, 0.4) is 0 Å². The van der Waals surface area contributed by atoms with Crippen molar-refractivity contribution in [3.05, 3.63) is 56.3 Å². The summed E-state index contributed by atoms with van der Waals surface area (Å²) in [6.45, 7) is 4.46. The molecule has 0 unspecified atom stereocenters. The molecule has 0 saturated carbocycles. The Labute approximate surface area is 278 Å². The third-order valence-electron chi connectivity index (χ3n) is 7.79. The van der Waals surface area contributed by atoms with E-state index in [4.69, 9.17) is 0 Å². The predicted molar refractivity (Wildman–Crippen MR) is 187 cm³/mol. The monoisotopic (exact) mass is 654 g/mol. The molecule has 0 N–H and O–H groups in total. The molecule has 4 rings (SSSR count). The van der Waals surface area contributed by atoms with Crippen LogP contribution in [0.25, 0.3) is 29.3 Å². The lowest BCUT2D eigenvalue weighted by Crippen LogP contribution is -1.84. The summed E-state index contributed by atoms with van der Waals surface area (Å²) in [6, 6.07) is 17.5. The van der Waals surface area contributed by atoms with Crippen molar-refractivity contribution in [2.24, 2.45) is 0 Å². The quantitative estimate of drug-likeness (QED) is 0.106. The summed E-state index contributed by atoms with van der Waals surface area (Å²) in [7, 11) is 0. The number of nitrogens with zero attached hydrogens (tertiary/aromatic N) is 4. The van der Waals surface area contributed by atoms with Crippen LogP contribution in [0.5, 0.6) is 0 Å². The van der Waals surface area contributed by atoms with Gasteiger partial charge in [-0.15, -0.1) is 45.3 Å². The van der Waals surface area contributed by atoms with Crippen molar-refractivity contribution in [2.45, 2.75) is 104 Å². The van der Waals surface area contributed by atoms with Crippen molar-refractivity contribution < 1.29 is 0 Å². The summed E-state index contributed by atoms with van der Waals surface area (Å²) in [5.41, 5.74) is 1.30. The Morgan fingerprint density at radius 3 is 1.14 bits per heavy atom. The van der Waals surface area contributed by atoms with E-state index in [2.05, 4.69) is 62.4 Å². The molecule has 0 radical (unpaired) electrons. The van der Waals surface area contributed by atoms with E-state index in [1.54, 1.807) is 22.7 Å². The van der Waals surface area contributed by atoms with Crippen molar-refractivity contribution in [1.29, 1.82) is 21.0 Å². The fourth-order valence-electron chi connectivity index (χ4n) is 5.38. The van der Waals surface area contributed by atoms with Crippen molar-refractivity contribution >= 4 is 45.3 Å². The molecule has 4 nitrogen and oxygen atoms in total. The van der Waals surface area contributed by atoms with Crippen LogP contribution in [-0.4, -0.2) is 0 Å². The number of hydrogen-bond acceptors (Lipinski definition) is 8. The fraction of sp³-hybridized carbons (Fsp3) is 0.444. The van der Waals surface area contributed by atoms with Gasteiger partial charge < -0.3 is 0 Å². The van der Waals surface area contributed by atoms with Crippen LogP contribution in [0.1, 0.15) is 123 Å². The van der Waals surface area contributed by atoms with Gasteiger partial charge in [0.1, 0.15) is 24.3 Å². The molecule has 44 heavy (non-hydrogen) atoms. The fourth-order valence-corrected chi connectivity index (χ4v) is 10.3. The molecule has 4 aromatic heterocycles. The molecular weight excluding hydrogens is 617 g/mol. The first-order chi connectivity index (χ1) is 21.6. The molecule has 0 saturated heterocycles. The summed E-state index contributed by atoms with van der Waals surface area (Å²) in [6.07, 6.45) is 17.0. The molecule has 0 atom stereocenters. The van der Waals surface area contributed by atoms with Crippen molar-refractivity contribution in [2.75, 3.05) is 0 Å². The Morgan fingerprint density at radius 2 is 0.773 bits per heavy atom. The van der Waals surface area contributed by atoms with Crippen LogP contribution >= 0.6 is 45.3 Å². The maximum absolute atomic E-state index is 10.2. The van der Waals surface area contributed by atoms with Crippen LogP contribution in [0.2, 0.25) is 0 Å². The largest absolute Gasteiger partial charge is 0.192 e. The Bertz CT molecular complexity index is 1580. The van der Waals surface area contributed by atoms with E-state index in [0.717, 1.165) is 45.2 Å². The minimum atomic E-state index is 0.294. The minimum absolute atomic E-state index is 0.294. The molecular formula is C36H38N4S4. The van der Waals surface area contributed by atoms with Crippen LogP contribution in [0.4, 0.5) is 0 Å². The van der Waals surface area contributed by atoms with Gasteiger partial charge in [0.15, 0.2) is 0 Å². The van der Waals surface area contributed by atoms with Crippen LogP contribution < -0.4 is 0 Å². The highest BCUT2D eigenvalue weighted by Gasteiger charge is 2.28. The first-order valence-corrected chi connectivity index (χ1v) is 19.0. The van der Waals surface area contributed by atoms with E-state index in [9.17, 15) is 21.0 Å². The van der Waals surface area contributed by atoms with Gasteiger partial charge in [-0.3, -0.25) is 0 Å². The van der Waals surface area contributed by atoms with Gasteiger partial charge in [-0.05, 0) is 49.9 Å². The standard InChI is InChI=1S/C36H38N4S4/c1-3-5-7-9-11-13-15-25-17-19-31(41-25)33-27(21-37)29(23-39)35(43-33)36-30(24-40)28(22-38)34(44-36)32-20-18-26(42-32)16-14-12-10-8-6-4-2/h17-20H,3-16H2,1-2H3. The second-order valence-corrected chi connectivity index (χ2v) is 15.4. The van der Waals surface area contributed by atoms with Gasteiger partial charge in [0.2, 0.25) is 0 Å². The van der Waals surface area contributed by atoms with Crippen LogP contribution in [0, 0.1) is 45.3 Å². The van der Waals surface area contributed by atoms with E-state index in [-0.39, 0.29) is 0 Å². The Hall–Kier alpha value is -3.24. The first-order valence-electron chi connectivity index (χ1n) is 15.7. The summed E-state index contributed by atoms with van der Waals surface area (Å²) in [4.78, 5) is 7.28. The second-order valence-electron chi connectivity index (χ2n) is 11.0. The van der Waals surface area contributed by atoms with Gasteiger partial charge in [0.25, 0.3) is 0 Å². The molecule has 0 aromatic carbocycles. The molecule has 4 aromatic rings. The number of unbranched alkanes of at least 4 members (excludes halogenated alkanes) is 10. The van der Waals surface area contributed by atoms with Gasteiger partial charge in [-0.25, -0.2) is 0 Å². The second kappa shape index (κ2) is 17.3. The lowest BCUT2D eigenvalue weighted by atomic mass is 10.1. The zero-order valence-corrected chi connectivity index (χ0v) is 28.9. The van der Waals surface area contributed by atoms with Gasteiger partial charge in [-0.2, -0.15) is 21.0 Å². The predicted octanol–water partition coefficient (Wildman–Crippen LogP) is 12.2. The molecule has 0 amide bonds. The third kappa shape index (κ3) is 8.07. The molecule has 0 aliphatic rings.